The molecule has 0 atom stereocenters. The van der Waals surface area contributed by atoms with Crippen molar-refractivity contribution in [3.63, 3.8) is 0 Å². The fraction of sp³-hybridized carbons (Fsp3) is 0.190. The van der Waals surface area contributed by atoms with Crippen molar-refractivity contribution in [3.8, 4) is 17.2 Å². The normalized spacial score (nSPS) is 14.4. The number of carbonyl (C=O) groups is 1. The molecular weight excluding hydrogens is 356 g/mol. The van der Waals surface area contributed by atoms with Gasteiger partial charge in [0.25, 0.3) is 5.91 Å². The number of nitrogens with zero attached hydrogens (tertiary/aromatic N) is 3. The van der Waals surface area contributed by atoms with Crippen molar-refractivity contribution in [1.29, 1.82) is 0 Å². The summed E-state index contributed by atoms with van der Waals surface area (Å²) in [5.41, 5.74) is 5.39. The Morgan fingerprint density at radius 2 is 1.82 bits per heavy atom. The van der Waals surface area contributed by atoms with E-state index in [0.717, 1.165) is 16.9 Å². The Balaban J connectivity index is 1.38. The maximum atomic E-state index is 12.4. The molecule has 1 aliphatic heterocycles. The van der Waals surface area contributed by atoms with Gasteiger partial charge in [-0.2, -0.15) is 0 Å². The van der Waals surface area contributed by atoms with Gasteiger partial charge in [0.15, 0.2) is 0 Å². The van der Waals surface area contributed by atoms with E-state index in [1.807, 2.05) is 41.4 Å². The molecule has 2 aromatic carbocycles. The molecule has 1 amide bonds. The number of hydrogen-bond acceptors (Lipinski definition) is 6. The highest BCUT2D eigenvalue weighted by Gasteiger charge is 2.19. The Morgan fingerprint density at radius 3 is 2.50 bits per heavy atom. The summed E-state index contributed by atoms with van der Waals surface area (Å²) >= 11 is 0. The Bertz CT molecular complexity index is 980. The molecule has 0 saturated carbocycles. The first kappa shape index (κ1) is 17.9. The predicted molar refractivity (Wildman–Crippen MR) is 104 cm³/mol. The van der Waals surface area contributed by atoms with Gasteiger partial charge in [-0.1, -0.05) is 24.3 Å². The number of benzene rings is 2. The number of hydrogen-bond donors (Lipinski definition) is 1. The van der Waals surface area contributed by atoms with Crippen LogP contribution in [0.2, 0.25) is 0 Å². The van der Waals surface area contributed by atoms with E-state index in [0.29, 0.717) is 36.9 Å². The number of nitrogens with one attached hydrogen (secondary N) is 1. The van der Waals surface area contributed by atoms with Crippen molar-refractivity contribution in [3.05, 3.63) is 72.1 Å². The third-order valence-electron chi connectivity index (χ3n) is 4.54. The number of carbonyl (C=O) groups excluding carboxylic acids is 1. The minimum absolute atomic E-state index is 0.149. The van der Waals surface area contributed by atoms with Crippen LogP contribution in [0.4, 0.5) is 0 Å². The second kappa shape index (κ2) is 8.06. The SMILES string of the molecule is COc1ccc(C(=O)NN2CC=C(c3nnc(-c4ccccc4)o3)CC2)cc1. The highest BCUT2D eigenvalue weighted by Crippen LogP contribution is 2.24. The molecule has 0 fully saturated rings. The van der Waals surface area contributed by atoms with E-state index in [9.17, 15) is 4.79 Å². The highest BCUT2D eigenvalue weighted by atomic mass is 16.5. The third kappa shape index (κ3) is 3.94. The summed E-state index contributed by atoms with van der Waals surface area (Å²) in [4.78, 5) is 12.4. The van der Waals surface area contributed by atoms with Crippen molar-refractivity contribution in [2.24, 2.45) is 0 Å². The van der Waals surface area contributed by atoms with E-state index in [1.54, 1.807) is 31.4 Å². The summed E-state index contributed by atoms with van der Waals surface area (Å²) < 4.78 is 10.9. The molecule has 0 spiro atoms. The first-order valence-electron chi connectivity index (χ1n) is 9.01. The number of ether oxygens (including phenoxy) is 1. The van der Waals surface area contributed by atoms with Crippen LogP contribution in [0.1, 0.15) is 22.7 Å². The minimum Gasteiger partial charge on any atom is -0.497 e. The van der Waals surface area contributed by atoms with Crippen molar-refractivity contribution >= 4 is 11.5 Å². The molecule has 0 unspecified atom stereocenters. The summed E-state index contributed by atoms with van der Waals surface area (Å²) in [6.45, 7) is 1.23. The van der Waals surface area contributed by atoms with E-state index >= 15 is 0 Å². The number of aromatic nitrogens is 2. The van der Waals surface area contributed by atoms with E-state index in [4.69, 9.17) is 9.15 Å². The maximum absolute atomic E-state index is 12.4. The molecule has 7 heteroatoms. The molecule has 7 nitrogen and oxygen atoms in total. The summed E-state index contributed by atoms with van der Waals surface area (Å²) in [6, 6.07) is 16.7. The van der Waals surface area contributed by atoms with Gasteiger partial charge in [-0.05, 0) is 42.8 Å². The van der Waals surface area contributed by atoms with Crippen LogP contribution in [0, 0.1) is 0 Å². The number of amides is 1. The van der Waals surface area contributed by atoms with Crippen LogP contribution in [-0.4, -0.2) is 41.3 Å². The van der Waals surface area contributed by atoms with E-state index in [2.05, 4.69) is 15.6 Å². The molecule has 0 radical (unpaired) electrons. The molecule has 2 heterocycles. The average Bonchev–Trinajstić information content (AvgIpc) is 3.25. The quantitative estimate of drug-likeness (QED) is 0.737. The van der Waals surface area contributed by atoms with Crippen LogP contribution >= 0.6 is 0 Å². The molecule has 28 heavy (non-hydrogen) atoms. The summed E-state index contributed by atoms with van der Waals surface area (Å²) in [7, 11) is 1.60. The van der Waals surface area contributed by atoms with Gasteiger partial charge >= 0.3 is 0 Å². The maximum Gasteiger partial charge on any atom is 0.265 e. The smallest absolute Gasteiger partial charge is 0.265 e. The predicted octanol–water partition coefficient (Wildman–Crippen LogP) is 3.18. The van der Waals surface area contributed by atoms with E-state index in [-0.39, 0.29) is 5.91 Å². The summed E-state index contributed by atoms with van der Waals surface area (Å²) in [5, 5.41) is 10.2. The van der Waals surface area contributed by atoms with Crippen LogP contribution in [0.25, 0.3) is 17.0 Å². The van der Waals surface area contributed by atoms with Gasteiger partial charge in [0.1, 0.15) is 5.75 Å². The second-order valence-electron chi connectivity index (χ2n) is 6.37. The second-order valence-corrected chi connectivity index (χ2v) is 6.37. The molecule has 0 saturated heterocycles. The zero-order chi connectivity index (χ0) is 19.3. The zero-order valence-corrected chi connectivity index (χ0v) is 15.5. The highest BCUT2D eigenvalue weighted by molar-refractivity contribution is 5.94. The first-order valence-corrected chi connectivity index (χ1v) is 9.01. The van der Waals surface area contributed by atoms with Crippen LogP contribution < -0.4 is 10.2 Å². The Morgan fingerprint density at radius 1 is 1.07 bits per heavy atom. The monoisotopic (exact) mass is 376 g/mol. The van der Waals surface area contributed by atoms with Gasteiger partial charge in [0, 0.05) is 29.8 Å². The lowest BCUT2D eigenvalue weighted by molar-refractivity contribution is 0.0806. The minimum atomic E-state index is -0.149. The van der Waals surface area contributed by atoms with Gasteiger partial charge in [-0.3, -0.25) is 10.2 Å². The van der Waals surface area contributed by atoms with E-state index < -0.39 is 0 Å². The van der Waals surface area contributed by atoms with Crippen molar-refractivity contribution in [1.82, 2.24) is 20.6 Å². The van der Waals surface area contributed by atoms with Crippen LogP contribution in [-0.2, 0) is 0 Å². The van der Waals surface area contributed by atoms with Crippen LogP contribution in [0.5, 0.6) is 5.75 Å². The standard InChI is InChI=1S/C21H20N4O3/c1-27-18-9-7-15(8-10-18)19(26)24-25-13-11-17(12-14-25)21-23-22-20(28-21)16-5-3-2-4-6-16/h2-11H,12-14H2,1H3,(H,24,26). The Hall–Kier alpha value is -3.45. The van der Waals surface area contributed by atoms with Crippen LogP contribution in [0.15, 0.2) is 65.1 Å². The average molecular weight is 376 g/mol. The molecule has 142 valence electrons. The lowest BCUT2D eigenvalue weighted by Gasteiger charge is -2.25. The van der Waals surface area contributed by atoms with Crippen LogP contribution in [0.3, 0.4) is 0 Å². The first-order chi connectivity index (χ1) is 13.7. The number of methoxy groups -OCH3 is 1. The van der Waals surface area contributed by atoms with Gasteiger partial charge in [-0.25, -0.2) is 5.01 Å². The van der Waals surface area contributed by atoms with Crippen molar-refractivity contribution < 1.29 is 13.9 Å². The Kier molecular flexibility index (Phi) is 5.16. The van der Waals surface area contributed by atoms with E-state index in [1.165, 1.54) is 0 Å². The van der Waals surface area contributed by atoms with Gasteiger partial charge < -0.3 is 9.15 Å². The number of hydrazine groups is 1. The summed E-state index contributed by atoms with van der Waals surface area (Å²) in [5.74, 6) is 1.60. The molecule has 1 N–H and O–H groups in total. The topological polar surface area (TPSA) is 80.5 Å². The van der Waals surface area contributed by atoms with Gasteiger partial charge in [-0.15, -0.1) is 10.2 Å². The number of rotatable bonds is 5. The lowest BCUT2D eigenvalue weighted by atomic mass is 10.1. The third-order valence-corrected chi connectivity index (χ3v) is 4.54. The van der Waals surface area contributed by atoms with Crippen molar-refractivity contribution in [2.45, 2.75) is 6.42 Å². The molecule has 1 aromatic heterocycles. The lowest BCUT2D eigenvalue weighted by Crippen LogP contribution is -2.44. The fourth-order valence-corrected chi connectivity index (χ4v) is 2.97. The van der Waals surface area contributed by atoms with Gasteiger partial charge in [0.2, 0.25) is 11.8 Å². The van der Waals surface area contributed by atoms with Crippen molar-refractivity contribution in [2.75, 3.05) is 20.2 Å². The fourth-order valence-electron chi connectivity index (χ4n) is 2.97. The van der Waals surface area contributed by atoms with Gasteiger partial charge in [0.05, 0.1) is 7.11 Å². The molecular formula is C21H20N4O3. The molecule has 4 rings (SSSR count). The zero-order valence-electron chi connectivity index (χ0n) is 15.5. The Labute approximate surface area is 162 Å². The largest absolute Gasteiger partial charge is 0.497 e. The summed E-state index contributed by atoms with van der Waals surface area (Å²) in [6.07, 6.45) is 2.71. The molecule has 1 aliphatic rings. The molecule has 0 bridgehead atoms. The molecule has 0 aliphatic carbocycles. The molecule has 3 aromatic rings.